The minimum absolute atomic E-state index is 0.118. The van der Waals surface area contributed by atoms with Gasteiger partial charge in [-0.15, -0.1) is 0 Å². The summed E-state index contributed by atoms with van der Waals surface area (Å²) < 4.78 is 8.11. The fourth-order valence-electron chi connectivity index (χ4n) is 4.77. The highest BCUT2D eigenvalue weighted by molar-refractivity contribution is 6.14. The topological polar surface area (TPSA) is 62.6 Å². The lowest BCUT2D eigenvalue weighted by Gasteiger charge is -2.32. The molecule has 0 saturated carbocycles. The molecule has 7 nitrogen and oxygen atoms in total. The number of piperazine rings is 1. The molecule has 3 heterocycles. The van der Waals surface area contributed by atoms with Crippen LogP contribution in [0.3, 0.4) is 0 Å². The van der Waals surface area contributed by atoms with Gasteiger partial charge in [0.15, 0.2) is 0 Å². The number of hydrogen-bond donors (Lipinski definition) is 1. The number of hydrogen-bond acceptors (Lipinski definition) is 5. The number of imidazole rings is 1. The number of amides is 1. The first-order valence-electron chi connectivity index (χ1n) is 11.7. The van der Waals surface area contributed by atoms with Crippen molar-refractivity contribution in [2.75, 3.05) is 51.7 Å². The maximum atomic E-state index is 12.9. The highest BCUT2D eigenvalue weighted by Crippen LogP contribution is 2.36. The average molecular weight is 454 g/mol. The minimum atomic E-state index is -0.118. The van der Waals surface area contributed by atoms with Crippen LogP contribution in [-0.2, 0) is 0 Å². The quantitative estimate of drug-likeness (QED) is 0.497. The summed E-state index contributed by atoms with van der Waals surface area (Å²) in [5, 5.41) is 3.04. The Labute approximate surface area is 198 Å². The Morgan fingerprint density at radius 1 is 0.941 bits per heavy atom. The molecular weight excluding hydrogens is 426 g/mol. The second kappa shape index (κ2) is 8.59. The lowest BCUT2D eigenvalue weighted by atomic mass is 10.1. The lowest BCUT2D eigenvalue weighted by Crippen LogP contribution is -2.45. The zero-order valence-electron chi connectivity index (χ0n) is 19.2. The molecule has 1 aromatic heterocycles. The van der Waals surface area contributed by atoms with Gasteiger partial charge in [-0.25, -0.2) is 4.98 Å². The van der Waals surface area contributed by atoms with Crippen molar-refractivity contribution >= 4 is 22.6 Å². The molecular formula is C27H27N5O2. The predicted molar refractivity (Wildman–Crippen MR) is 134 cm³/mol. The number of anilines is 1. The molecule has 172 valence electrons. The number of ether oxygens (including phenoxy) is 1. The number of rotatable bonds is 5. The van der Waals surface area contributed by atoms with Gasteiger partial charge in [0.2, 0.25) is 0 Å². The fourth-order valence-corrected chi connectivity index (χ4v) is 4.77. The molecule has 4 aromatic rings. The lowest BCUT2D eigenvalue weighted by molar-refractivity contribution is 0.102. The molecule has 2 aliphatic heterocycles. The highest BCUT2D eigenvalue weighted by Gasteiger charge is 2.25. The van der Waals surface area contributed by atoms with Crippen LogP contribution in [0.15, 0.2) is 66.7 Å². The minimum Gasteiger partial charge on any atom is -0.492 e. The number of carbonyl (C=O) groups excluding carboxylic acids is 1. The van der Waals surface area contributed by atoms with Crippen LogP contribution < -0.4 is 10.1 Å². The number of benzene rings is 3. The van der Waals surface area contributed by atoms with Crippen molar-refractivity contribution in [1.82, 2.24) is 19.4 Å². The van der Waals surface area contributed by atoms with Crippen molar-refractivity contribution in [2.45, 2.75) is 0 Å². The maximum Gasteiger partial charge on any atom is 0.257 e. The molecule has 0 spiro atoms. The van der Waals surface area contributed by atoms with Crippen LogP contribution in [0.1, 0.15) is 10.4 Å². The molecule has 1 fully saturated rings. The van der Waals surface area contributed by atoms with Gasteiger partial charge >= 0.3 is 0 Å². The van der Waals surface area contributed by atoms with E-state index in [-0.39, 0.29) is 5.91 Å². The van der Waals surface area contributed by atoms with E-state index < -0.39 is 0 Å². The molecule has 0 radical (unpaired) electrons. The number of para-hydroxylation sites is 3. The second-order valence-electron chi connectivity index (χ2n) is 8.93. The first kappa shape index (κ1) is 20.9. The Kier molecular flexibility index (Phi) is 5.28. The number of aromatic nitrogens is 2. The van der Waals surface area contributed by atoms with Crippen molar-refractivity contribution < 1.29 is 9.53 Å². The number of nitrogens with one attached hydrogen (secondary N) is 1. The van der Waals surface area contributed by atoms with Crippen LogP contribution in [0.5, 0.6) is 5.75 Å². The molecule has 7 heteroatoms. The van der Waals surface area contributed by atoms with Gasteiger partial charge in [0.05, 0.1) is 28.0 Å². The smallest absolute Gasteiger partial charge is 0.257 e. The van der Waals surface area contributed by atoms with Crippen molar-refractivity contribution in [2.24, 2.45) is 0 Å². The molecule has 1 amide bonds. The van der Waals surface area contributed by atoms with Crippen molar-refractivity contribution in [1.29, 1.82) is 0 Å². The van der Waals surface area contributed by atoms with Gasteiger partial charge in [-0.2, -0.15) is 0 Å². The normalized spacial score (nSPS) is 16.2. The summed E-state index contributed by atoms with van der Waals surface area (Å²) in [4.78, 5) is 22.6. The van der Waals surface area contributed by atoms with Gasteiger partial charge in [-0.05, 0) is 55.6 Å². The Morgan fingerprint density at radius 2 is 1.74 bits per heavy atom. The molecule has 2 aliphatic rings. The van der Waals surface area contributed by atoms with Gasteiger partial charge in [-0.3, -0.25) is 14.3 Å². The van der Waals surface area contributed by atoms with Gasteiger partial charge < -0.3 is 15.0 Å². The summed E-state index contributed by atoms with van der Waals surface area (Å²) in [6.07, 6.45) is 0. The molecule has 6 rings (SSSR count). The highest BCUT2D eigenvalue weighted by atomic mass is 16.5. The predicted octanol–water partition coefficient (Wildman–Crippen LogP) is 3.88. The molecule has 0 atom stereocenters. The Hall–Kier alpha value is -3.68. The van der Waals surface area contributed by atoms with Crippen LogP contribution >= 0.6 is 0 Å². The Balaban J connectivity index is 1.29. The number of likely N-dealkylation sites (N-methyl/N-ethyl adjacent to an activating group) is 1. The summed E-state index contributed by atoms with van der Waals surface area (Å²) in [5.74, 6) is 1.53. The molecule has 1 saturated heterocycles. The average Bonchev–Trinajstić information content (AvgIpc) is 3.19. The monoisotopic (exact) mass is 453 g/mol. The van der Waals surface area contributed by atoms with Crippen molar-refractivity contribution in [3.05, 3.63) is 72.3 Å². The van der Waals surface area contributed by atoms with Crippen molar-refractivity contribution in [3.63, 3.8) is 0 Å². The van der Waals surface area contributed by atoms with E-state index in [9.17, 15) is 4.79 Å². The zero-order chi connectivity index (χ0) is 23.1. The summed E-state index contributed by atoms with van der Waals surface area (Å²) >= 11 is 0. The molecule has 0 aliphatic carbocycles. The molecule has 0 bridgehead atoms. The molecule has 0 unspecified atom stereocenters. The molecule has 34 heavy (non-hydrogen) atoms. The van der Waals surface area contributed by atoms with Gasteiger partial charge in [0.1, 0.15) is 18.2 Å². The summed E-state index contributed by atoms with van der Waals surface area (Å²) in [6.45, 7) is 6.02. The van der Waals surface area contributed by atoms with Gasteiger partial charge in [0, 0.05) is 38.3 Å². The second-order valence-corrected chi connectivity index (χ2v) is 8.93. The van der Waals surface area contributed by atoms with E-state index in [1.54, 1.807) is 0 Å². The first-order chi connectivity index (χ1) is 16.7. The van der Waals surface area contributed by atoms with E-state index in [2.05, 4.69) is 26.7 Å². The third-order valence-corrected chi connectivity index (χ3v) is 6.70. The maximum absolute atomic E-state index is 12.9. The third kappa shape index (κ3) is 3.73. The van der Waals surface area contributed by atoms with E-state index in [1.807, 2.05) is 66.7 Å². The fraction of sp³-hybridized carbons (Fsp3) is 0.259. The molecule has 1 N–H and O–H groups in total. The van der Waals surface area contributed by atoms with Crippen LogP contribution in [0.2, 0.25) is 0 Å². The van der Waals surface area contributed by atoms with Gasteiger partial charge in [-0.1, -0.05) is 18.2 Å². The number of carbonyl (C=O) groups is 1. The van der Waals surface area contributed by atoms with Crippen molar-refractivity contribution in [3.8, 4) is 22.8 Å². The Morgan fingerprint density at radius 3 is 2.56 bits per heavy atom. The SMILES string of the molecule is CN1CCN(CCOc2ccc(-c3nc4cccc5c4n3-c3ccccc3NC5=O)cc2)CC1. The van der Waals surface area contributed by atoms with E-state index >= 15 is 0 Å². The van der Waals surface area contributed by atoms with E-state index in [0.717, 1.165) is 72.3 Å². The molecule has 3 aromatic carbocycles. The van der Waals surface area contributed by atoms with Crippen LogP contribution in [0, 0.1) is 0 Å². The Bertz CT molecular complexity index is 1350. The van der Waals surface area contributed by atoms with Crippen LogP contribution in [-0.4, -0.2) is 71.6 Å². The van der Waals surface area contributed by atoms with Crippen LogP contribution in [0.4, 0.5) is 5.69 Å². The summed E-state index contributed by atoms with van der Waals surface area (Å²) in [6, 6.07) is 21.6. The number of fused-ring (bicyclic) bond motifs is 2. The summed E-state index contributed by atoms with van der Waals surface area (Å²) in [5.41, 5.74) is 4.90. The van der Waals surface area contributed by atoms with E-state index in [1.165, 1.54) is 0 Å². The van der Waals surface area contributed by atoms with Crippen LogP contribution in [0.25, 0.3) is 28.1 Å². The zero-order valence-corrected chi connectivity index (χ0v) is 19.2. The van der Waals surface area contributed by atoms with Gasteiger partial charge in [0.25, 0.3) is 5.91 Å². The third-order valence-electron chi connectivity index (χ3n) is 6.70. The summed E-state index contributed by atoms with van der Waals surface area (Å²) in [7, 11) is 2.17. The largest absolute Gasteiger partial charge is 0.492 e. The first-order valence-corrected chi connectivity index (χ1v) is 11.7. The number of nitrogens with zero attached hydrogens (tertiary/aromatic N) is 4. The van der Waals surface area contributed by atoms with E-state index in [4.69, 9.17) is 9.72 Å². The standard InChI is InChI=1S/C27H27N5O2/c1-30-13-15-31(16-14-30)17-18-34-20-11-9-19(10-12-20)26-28-23-7-4-5-21-25(23)32(26)24-8-3-2-6-22(24)29-27(21)33/h2-12H,13-18H2,1H3,(H,29,33). The van der Waals surface area contributed by atoms with E-state index in [0.29, 0.717) is 12.2 Å².